The third-order valence-electron chi connectivity index (χ3n) is 3.15. The van der Waals surface area contributed by atoms with Crippen molar-refractivity contribution in [1.29, 1.82) is 0 Å². The summed E-state index contributed by atoms with van der Waals surface area (Å²) in [5, 5.41) is 0. The van der Waals surface area contributed by atoms with E-state index in [-0.39, 0.29) is 18.0 Å². The summed E-state index contributed by atoms with van der Waals surface area (Å²) in [5.74, 6) is -0.540. The smallest absolute Gasteiger partial charge is 0.367 e. The summed E-state index contributed by atoms with van der Waals surface area (Å²) < 4.78 is 79.8. The molecule has 2 rings (SSSR count). The highest BCUT2D eigenvalue weighted by Crippen LogP contribution is 2.16. The van der Waals surface area contributed by atoms with Gasteiger partial charge in [-0.2, -0.15) is 13.2 Å². The largest absolute Gasteiger partial charge is 0.411 e. The molecule has 1 N–H and O–H groups in total. The van der Waals surface area contributed by atoms with Gasteiger partial charge in [0.15, 0.2) is 0 Å². The summed E-state index contributed by atoms with van der Waals surface area (Å²) in [6.45, 7) is -1.53. The first-order chi connectivity index (χ1) is 11.7. The van der Waals surface area contributed by atoms with E-state index in [9.17, 15) is 26.0 Å². The Bertz CT molecular complexity index is 788. The summed E-state index contributed by atoms with van der Waals surface area (Å²) in [6, 6.07) is 10.7. The molecule has 0 radical (unpaired) electrons. The lowest BCUT2D eigenvalue weighted by Gasteiger charge is -2.09. The highest BCUT2D eigenvalue weighted by Gasteiger charge is 2.27. The molecule has 0 aromatic heterocycles. The van der Waals surface area contributed by atoms with Crippen LogP contribution in [0.1, 0.15) is 11.1 Å². The standard InChI is InChI=1S/C16H15F4NO3S/c17-14-5-7-15(8-6-14)25(22,23)21-9-12-1-3-13(4-2-12)10-24-11-16(18,19)20/h1-8,21H,9-11H2. The first-order valence-corrected chi connectivity index (χ1v) is 8.61. The number of halogens is 4. The molecular formula is C16H15F4NO3S. The number of benzene rings is 2. The first kappa shape index (κ1) is 19.4. The second-order valence-corrected chi connectivity index (χ2v) is 6.97. The van der Waals surface area contributed by atoms with E-state index in [1.54, 1.807) is 24.3 Å². The highest BCUT2D eigenvalue weighted by atomic mass is 32.2. The van der Waals surface area contributed by atoms with Crippen LogP contribution in [0.4, 0.5) is 17.6 Å². The number of alkyl halides is 3. The average Bonchev–Trinajstić information content (AvgIpc) is 2.53. The summed E-state index contributed by atoms with van der Waals surface area (Å²) in [4.78, 5) is -0.0638. The lowest BCUT2D eigenvalue weighted by molar-refractivity contribution is -0.176. The van der Waals surface area contributed by atoms with Crippen LogP contribution in [0.5, 0.6) is 0 Å². The van der Waals surface area contributed by atoms with Gasteiger partial charge in [-0.05, 0) is 35.4 Å². The van der Waals surface area contributed by atoms with Gasteiger partial charge >= 0.3 is 6.18 Å². The third kappa shape index (κ3) is 6.45. The first-order valence-electron chi connectivity index (χ1n) is 7.13. The van der Waals surface area contributed by atoms with Crippen molar-refractivity contribution >= 4 is 10.0 Å². The van der Waals surface area contributed by atoms with Crippen molar-refractivity contribution in [3.8, 4) is 0 Å². The number of hydrogen-bond donors (Lipinski definition) is 1. The van der Waals surface area contributed by atoms with E-state index in [4.69, 9.17) is 0 Å². The Kier molecular flexibility index (Phi) is 6.15. The average molecular weight is 377 g/mol. The zero-order valence-electron chi connectivity index (χ0n) is 12.9. The van der Waals surface area contributed by atoms with Crippen molar-refractivity contribution in [2.75, 3.05) is 6.61 Å². The molecule has 2 aromatic carbocycles. The molecule has 0 unspecified atom stereocenters. The molecule has 0 amide bonds. The van der Waals surface area contributed by atoms with Crippen LogP contribution in [-0.4, -0.2) is 21.2 Å². The van der Waals surface area contributed by atoms with Gasteiger partial charge in [-0.1, -0.05) is 24.3 Å². The maximum absolute atomic E-state index is 12.8. The molecule has 0 heterocycles. The molecule has 0 spiro atoms. The van der Waals surface area contributed by atoms with Crippen LogP contribution in [0.15, 0.2) is 53.4 Å². The van der Waals surface area contributed by atoms with Crippen LogP contribution in [0.3, 0.4) is 0 Å². The quantitative estimate of drug-likeness (QED) is 0.753. The summed E-state index contributed by atoms with van der Waals surface area (Å²) >= 11 is 0. The minimum Gasteiger partial charge on any atom is -0.367 e. The molecule has 0 atom stereocenters. The SMILES string of the molecule is O=S(=O)(NCc1ccc(COCC(F)(F)F)cc1)c1ccc(F)cc1. The molecular weight excluding hydrogens is 362 g/mol. The molecule has 9 heteroatoms. The van der Waals surface area contributed by atoms with Gasteiger partial charge in [0, 0.05) is 6.54 Å². The number of nitrogens with one attached hydrogen (secondary N) is 1. The molecule has 0 aliphatic rings. The molecule has 4 nitrogen and oxygen atoms in total. The minimum absolute atomic E-state index is 0.0105. The Morgan fingerprint density at radius 3 is 2.04 bits per heavy atom. The number of rotatable bonds is 7. The topological polar surface area (TPSA) is 55.4 Å². The Labute approximate surface area is 142 Å². The highest BCUT2D eigenvalue weighted by molar-refractivity contribution is 7.89. The van der Waals surface area contributed by atoms with Crippen molar-refractivity contribution in [2.45, 2.75) is 24.2 Å². The van der Waals surface area contributed by atoms with Gasteiger partial charge in [-0.3, -0.25) is 0 Å². The molecule has 0 aliphatic carbocycles. The molecule has 0 aliphatic heterocycles. The minimum atomic E-state index is -4.38. The van der Waals surface area contributed by atoms with Crippen molar-refractivity contribution < 1.29 is 30.7 Å². The maximum Gasteiger partial charge on any atom is 0.411 e. The Morgan fingerprint density at radius 1 is 0.920 bits per heavy atom. The number of hydrogen-bond acceptors (Lipinski definition) is 3. The molecule has 0 saturated carbocycles. The number of sulfonamides is 1. The van der Waals surface area contributed by atoms with E-state index in [0.717, 1.165) is 24.3 Å². The molecule has 0 fully saturated rings. The van der Waals surface area contributed by atoms with Crippen LogP contribution in [0.25, 0.3) is 0 Å². The van der Waals surface area contributed by atoms with Crippen LogP contribution in [-0.2, 0) is 27.9 Å². The molecule has 25 heavy (non-hydrogen) atoms. The second-order valence-electron chi connectivity index (χ2n) is 5.20. The van der Waals surface area contributed by atoms with E-state index < -0.39 is 28.6 Å². The van der Waals surface area contributed by atoms with E-state index in [1.807, 2.05) is 0 Å². The van der Waals surface area contributed by atoms with Crippen LogP contribution >= 0.6 is 0 Å². The van der Waals surface area contributed by atoms with Crippen molar-refractivity contribution in [3.05, 3.63) is 65.5 Å². The molecule has 2 aromatic rings. The fourth-order valence-electron chi connectivity index (χ4n) is 1.91. The Balaban J connectivity index is 1.89. The van der Waals surface area contributed by atoms with Gasteiger partial charge in [0.1, 0.15) is 12.4 Å². The van der Waals surface area contributed by atoms with Gasteiger partial charge < -0.3 is 4.74 Å². The van der Waals surface area contributed by atoms with E-state index >= 15 is 0 Å². The van der Waals surface area contributed by atoms with Crippen LogP contribution < -0.4 is 4.72 Å². The summed E-state index contributed by atoms with van der Waals surface area (Å²) in [6.07, 6.45) is -4.38. The number of ether oxygens (including phenoxy) is 1. The van der Waals surface area contributed by atoms with E-state index in [2.05, 4.69) is 9.46 Å². The summed E-state index contributed by atoms with van der Waals surface area (Å²) in [7, 11) is -3.78. The normalized spacial score (nSPS) is 12.3. The van der Waals surface area contributed by atoms with Gasteiger partial charge in [-0.15, -0.1) is 0 Å². The fourth-order valence-corrected chi connectivity index (χ4v) is 2.93. The third-order valence-corrected chi connectivity index (χ3v) is 4.56. The zero-order valence-corrected chi connectivity index (χ0v) is 13.7. The fraction of sp³-hybridized carbons (Fsp3) is 0.250. The van der Waals surface area contributed by atoms with Gasteiger partial charge in [0.2, 0.25) is 10.0 Å². The van der Waals surface area contributed by atoms with E-state index in [1.165, 1.54) is 0 Å². The Hall–Kier alpha value is -1.97. The monoisotopic (exact) mass is 377 g/mol. The van der Waals surface area contributed by atoms with Crippen molar-refractivity contribution in [3.63, 3.8) is 0 Å². The molecule has 136 valence electrons. The van der Waals surface area contributed by atoms with Gasteiger partial charge in [0.05, 0.1) is 11.5 Å². The van der Waals surface area contributed by atoms with Gasteiger partial charge in [0.25, 0.3) is 0 Å². The van der Waals surface area contributed by atoms with Gasteiger partial charge in [-0.25, -0.2) is 17.5 Å². The van der Waals surface area contributed by atoms with Crippen LogP contribution in [0, 0.1) is 5.82 Å². The molecule has 0 bridgehead atoms. The zero-order chi connectivity index (χ0) is 18.5. The lowest BCUT2D eigenvalue weighted by Crippen LogP contribution is -2.23. The van der Waals surface area contributed by atoms with Crippen LogP contribution in [0.2, 0.25) is 0 Å². The van der Waals surface area contributed by atoms with E-state index in [0.29, 0.717) is 11.1 Å². The maximum atomic E-state index is 12.8. The predicted octanol–water partition coefficient (Wildman–Crippen LogP) is 3.38. The van der Waals surface area contributed by atoms with Crippen molar-refractivity contribution in [2.24, 2.45) is 0 Å². The van der Waals surface area contributed by atoms with Crippen molar-refractivity contribution in [1.82, 2.24) is 4.72 Å². The lowest BCUT2D eigenvalue weighted by atomic mass is 10.1. The predicted molar refractivity (Wildman–Crippen MR) is 82.6 cm³/mol. The Morgan fingerprint density at radius 2 is 1.48 bits per heavy atom. The second kappa shape index (κ2) is 7.94. The summed E-state index contributed by atoms with van der Waals surface area (Å²) in [5.41, 5.74) is 1.15. The molecule has 0 saturated heterocycles.